The van der Waals surface area contributed by atoms with Crippen LogP contribution < -0.4 is 0 Å². The summed E-state index contributed by atoms with van der Waals surface area (Å²) in [6.07, 6.45) is 3.60. The lowest BCUT2D eigenvalue weighted by atomic mass is 9.84. The molecule has 3 nitrogen and oxygen atoms in total. The predicted molar refractivity (Wildman–Crippen MR) is 53.8 cm³/mol. The molecule has 1 saturated carbocycles. The first-order valence-corrected chi connectivity index (χ1v) is 4.92. The Morgan fingerprint density at radius 3 is 2.69 bits per heavy atom. The van der Waals surface area contributed by atoms with Crippen molar-refractivity contribution in [2.75, 3.05) is 14.1 Å². The predicted octanol–water partition coefficient (Wildman–Crippen LogP) is 1.68. The van der Waals surface area contributed by atoms with E-state index in [1.54, 1.807) is 5.01 Å². The summed E-state index contributed by atoms with van der Waals surface area (Å²) in [5.74, 6) is 0.463. The molecule has 0 aromatic rings. The van der Waals surface area contributed by atoms with Gasteiger partial charge in [0.15, 0.2) is 0 Å². The van der Waals surface area contributed by atoms with Gasteiger partial charge in [0.1, 0.15) is 5.78 Å². The standard InChI is InChI=1S/C10H18N2O/c1-4-8-9(11-12(2)3)6-5-7-10(8)13/h8H,4-7H2,1-3H3/b11-9+. The first-order valence-electron chi connectivity index (χ1n) is 4.92. The number of hydrogen-bond donors (Lipinski definition) is 0. The lowest BCUT2D eigenvalue weighted by Crippen LogP contribution is -2.29. The Hall–Kier alpha value is -0.860. The SMILES string of the molecule is CCC1C(=O)CCC/C1=N\N(C)C. The molecule has 0 spiro atoms. The van der Waals surface area contributed by atoms with Crippen molar-refractivity contribution in [3.63, 3.8) is 0 Å². The summed E-state index contributed by atoms with van der Waals surface area (Å²) >= 11 is 0. The summed E-state index contributed by atoms with van der Waals surface area (Å²) in [5.41, 5.74) is 1.07. The van der Waals surface area contributed by atoms with Crippen LogP contribution in [0.3, 0.4) is 0 Å². The second-order valence-electron chi connectivity index (χ2n) is 3.72. The first kappa shape index (κ1) is 10.2. The first-order chi connectivity index (χ1) is 6.15. The fourth-order valence-electron chi connectivity index (χ4n) is 1.82. The summed E-state index contributed by atoms with van der Waals surface area (Å²) in [6.45, 7) is 2.05. The van der Waals surface area contributed by atoms with Crippen molar-refractivity contribution in [2.24, 2.45) is 11.0 Å². The Balaban J connectivity index is 2.76. The molecular formula is C10H18N2O. The molecule has 1 fully saturated rings. The number of hydrazone groups is 1. The number of nitrogens with zero attached hydrogens (tertiary/aromatic N) is 2. The second-order valence-corrected chi connectivity index (χ2v) is 3.72. The van der Waals surface area contributed by atoms with E-state index in [0.717, 1.165) is 31.4 Å². The van der Waals surface area contributed by atoms with Gasteiger partial charge in [0.2, 0.25) is 0 Å². The van der Waals surface area contributed by atoms with Crippen LogP contribution in [0.2, 0.25) is 0 Å². The van der Waals surface area contributed by atoms with Crippen LogP contribution in [0.15, 0.2) is 5.10 Å². The number of ketones is 1. The minimum atomic E-state index is 0.0937. The van der Waals surface area contributed by atoms with E-state index in [4.69, 9.17) is 0 Å². The molecule has 0 aliphatic heterocycles. The van der Waals surface area contributed by atoms with Gasteiger partial charge in [-0.05, 0) is 19.3 Å². The molecule has 0 N–H and O–H groups in total. The Morgan fingerprint density at radius 1 is 1.46 bits per heavy atom. The third kappa shape index (κ3) is 2.54. The summed E-state index contributed by atoms with van der Waals surface area (Å²) in [7, 11) is 3.80. The minimum absolute atomic E-state index is 0.0937. The molecule has 0 bridgehead atoms. The van der Waals surface area contributed by atoms with Gasteiger partial charge in [-0.25, -0.2) is 0 Å². The number of Topliss-reactive ketones (excluding diaryl/α,β-unsaturated/α-hetero) is 1. The van der Waals surface area contributed by atoms with E-state index in [1.165, 1.54) is 0 Å². The molecule has 13 heavy (non-hydrogen) atoms. The van der Waals surface area contributed by atoms with Crippen molar-refractivity contribution in [2.45, 2.75) is 32.6 Å². The van der Waals surface area contributed by atoms with Gasteiger partial charge in [-0.1, -0.05) is 6.92 Å². The highest BCUT2D eigenvalue weighted by Crippen LogP contribution is 2.21. The van der Waals surface area contributed by atoms with Gasteiger partial charge < -0.3 is 5.01 Å². The average molecular weight is 182 g/mol. The molecular weight excluding hydrogens is 164 g/mol. The highest BCUT2D eigenvalue weighted by molar-refractivity contribution is 6.06. The molecule has 1 unspecified atom stereocenters. The van der Waals surface area contributed by atoms with Crippen LogP contribution in [-0.4, -0.2) is 30.6 Å². The number of carbonyl (C=O) groups excluding carboxylic acids is 1. The van der Waals surface area contributed by atoms with E-state index in [-0.39, 0.29) is 5.92 Å². The van der Waals surface area contributed by atoms with Crippen LogP contribution in [0, 0.1) is 5.92 Å². The van der Waals surface area contributed by atoms with Gasteiger partial charge in [0.05, 0.1) is 5.92 Å². The van der Waals surface area contributed by atoms with Crippen LogP contribution in [0.4, 0.5) is 0 Å². The number of hydrogen-bond acceptors (Lipinski definition) is 3. The smallest absolute Gasteiger partial charge is 0.141 e. The topological polar surface area (TPSA) is 32.7 Å². The van der Waals surface area contributed by atoms with E-state index < -0.39 is 0 Å². The maximum atomic E-state index is 11.5. The summed E-state index contributed by atoms with van der Waals surface area (Å²) in [6, 6.07) is 0. The normalized spacial score (nSPS) is 26.5. The summed E-state index contributed by atoms with van der Waals surface area (Å²) in [4.78, 5) is 11.5. The van der Waals surface area contributed by atoms with Gasteiger partial charge >= 0.3 is 0 Å². The van der Waals surface area contributed by atoms with Gasteiger partial charge in [0, 0.05) is 26.2 Å². The van der Waals surface area contributed by atoms with Gasteiger partial charge in [-0.3, -0.25) is 4.79 Å². The van der Waals surface area contributed by atoms with Crippen LogP contribution in [0.25, 0.3) is 0 Å². The molecule has 74 valence electrons. The van der Waals surface area contributed by atoms with E-state index in [9.17, 15) is 4.79 Å². The van der Waals surface area contributed by atoms with Gasteiger partial charge in [0.25, 0.3) is 0 Å². The average Bonchev–Trinajstić information content (AvgIpc) is 2.03. The third-order valence-corrected chi connectivity index (χ3v) is 2.38. The molecule has 0 radical (unpaired) electrons. The molecule has 1 aliphatic carbocycles. The Morgan fingerprint density at radius 2 is 2.15 bits per heavy atom. The minimum Gasteiger partial charge on any atom is -0.303 e. The molecule has 1 rings (SSSR count). The maximum absolute atomic E-state index is 11.5. The van der Waals surface area contributed by atoms with Crippen molar-refractivity contribution in [3.05, 3.63) is 0 Å². The fraction of sp³-hybridized carbons (Fsp3) is 0.800. The zero-order chi connectivity index (χ0) is 9.84. The van der Waals surface area contributed by atoms with Crippen molar-refractivity contribution in [3.8, 4) is 0 Å². The molecule has 3 heteroatoms. The molecule has 0 amide bonds. The summed E-state index contributed by atoms with van der Waals surface area (Å²) < 4.78 is 0. The van der Waals surface area contributed by atoms with E-state index >= 15 is 0 Å². The monoisotopic (exact) mass is 182 g/mol. The van der Waals surface area contributed by atoms with Crippen molar-refractivity contribution < 1.29 is 4.79 Å². The quantitative estimate of drug-likeness (QED) is 0.609. The van der Waals surface area contributed by atoms with Crippen LogP contribution in [0.1, 0.15) is 32.6 Å². The Bertz CT molecular complexity index is 221. The molecule has 0 saturated heterocycles. The maximum Gasteiger partial charge on any atom is 0.141 e. The van der Waals surface area contributed by atoms with E-state index in [0.29, 0.717) is 5.78 Å². The number of carbonyl (C=O) groups is 1. The molecule has 1 atom stereocenters. The van der Waals surface area contributed by atoms with Gasteiger partial charge in [-0.2, -0.15) is 5.10 Å². The molecule has 0 aromatic carbocycles. The van der Waals surface area contributed by atoms with Crippen molar-refractivity contribution in [1.29, 1.82) is 0 Å². The third-order valence-electron chi connectivity index (χ3n) is 2.38. The van der Waals surface area contributed by atoms with Crippen LogP contribution in [0.5, 0.6) is 0 Å². The zero-order valence-corrected chi connectivity index (χ0v) is 8.71. The zero-order valence-electron chi connectivity index (χ0n) is 8.71. The highest BCUT2D eigenvalue weighted by Gasteiger charge is 2.26. The fourth-order valence-corrected chi connectivity index (χ4v) is 1.82. The van der Waals surface area contributed by atoms with Gasteiger partial charge in [-0.15, -0.1) is 0 Å². The summed E-state index contributed by atoms with van der Waals surface area (Å²) in [5, 5.41) is 6.16. The Kier molecular flexibility index (Phi) is 3.46. The molecule has 0 heterocycles. The van der Waals surface area contributed by atoms with E-state index in [1.807, 2.05) is 14.1 Å². The van der Waals surface area contributed by atoms with E-state index in [2.05, 4.69) is 12.0 Å². The van der Waals surface area contributed by atoms with Crippen LogP contribution >= 0.6 is 0 Å². The van der Waals surface area contributed by atoms with Crippen molar-refractivity contribution in [1.82, 2.24) is 5.01 Å². The Labute approximate surface area is 79.8 Å². The highest BCUT2D eigenvalue weighted by atomic mass is 16.1. The van der Waals surface area contributed by atoms with Crippen LogP contribution in [-0.2, 0) is 4.79 Å². The molecule has 1 aliphatic rings. The molecule has 0 aromatic heterocycles. The lowest BCUT2D eigenvalue weighted by Gasteiger charge is -2.22. The number of rotatable bonds is 2. The second kappa shape index (κ2) is 4.40. The largest absolute Gasteiger partial charge is 0.303 e. The lowest BCUT2D eigenvalue weighted by molar-refractivity contribution is -0.121. The van der Waals surface area contributed by atoms with Crippen molar-refractivity contribution >= 4 is 11.5 Å².